The molecular formula is C23H26FN5O. The summed E-state index contributed by atoms with van der Waals surface area (Å²) < 4.78 is 19.0. The Morgan fingerprint density at radius 3 is 2.77 bits per heavy atom. The molecule has 2 aromatic heterocycles. The summed E-state index contributed by atoms with van der Waals surface area (Å²) >= 11 is 0. The lowest BCUT2D eigenvalue weighted by Crippen LogP contribution is -2.20. The minimum atomic E-state index is -0.228. The molecule has 1 fully saturated rings. The molecule has 0 saturated carbocycles. The molecule has 1 saturated heterocycles. The Balaban J connectivity index is 1.53. The van der Waals surface area contributed by atoms with E-state index < -0.39 is 0 Å². The molecule has 0 radical (unpaired) electrons. The number of aromatic nitrogens is 4. The monoisotopic (exact) mass is 407 g/mol. The van der Waals surface area contributed by atoms with E-state index in [0.717, 1.165) is 54.6 Å². The van der Waals surface area contributed by atoms with Crippen LogP contribution in [0.2, 0.25) is 0 Å². The number of anilines is 1. The summed E-state index contributed by atoms with van der Waals surface area (Å²) in [5.74, 6) is 1.49. The first-order chi connectivity index (χ1) is 14.7. The summed E-state index contributed by atoms with van der Waals surface area (Å²) in [4.78, 5) is 18.0. The highest BCUT2D eigenvalue weighted by Gasteiger charge is 2.16. The number of halogens is 1. The smallest absolute Gasteiger partial charge is 0.131 e. The van der Waals surface area contributed by atoms with Crippen LogP contribution in [0.15, 0.2) is 48.9 Å². The molecule has 2 atom stereocenters. The van der Waals surface area contributed by atoms with Gasteiger partial charge in [0.2, 0.25) is 0 Å². The van der Waals surface area contributed by atoms with Crippen molar-refractivity contribution in [1.29, 1.82) is 0 Å². The molecular weight excluding hydrogens is 381 g/mol. The van der Waals surface area contributed by atoms with E-state index in [9.17, 15) is 4.39 Å². The second-order valence-electron chi connectivity index (χ2n) is 7.71. The molecule has 1 aliphatic heterocycles. The molecule has 0 amide bonds. The Morgan fingerprint density at radius 1 is 1.17 bits per heavy atom. The standard InChI is InChI=1S/C23H26FN5O/c1-16(17-4-6-18(24)7-5-17)11-23-28-19(12-20-14-25-8-9-26-20)13-22(29-23)27-15-21-3-2-10-30-21/h4-9,13-14,16,21H,2-3,10-12,15H2,1H3,(H,27,28,29)/t16-,21?/m1/s1. The third-order valence-electron chi connectivity index (χ3n) is 5.27. The van der Waals surface area contributed by atoms with E-state index >= 15 is 0 Å². The molecule has 1 aromatic carbocycles. The number of nitrogens with zero attached hydrogens (tertiary/aromatic N) is 4. The maximum absolute atomic E-state index is 13.2. The van der Waals surface area contributed by atoms with Crippen LogP contribution in [-0.2, 0) is 17.6 Å². The Morgan fingerprint density at radius 2 is 2.03 bits per heavy atom. The highest BCUT2D eigenvalue weighted by molar-refractivity contribution is 5.37. The Hall–Kier alpha value is -2.93. The van der Waals surface area contributed by atoms with Crippen molar-refractivity contribution in [3.8, 4) is 0 Å². The number of hydrogen-bond acceptors (Lipinski definition) is 6. The normalized spacial score (nSPS) is 17.1. The van der Waals surface area contributed by atoms with Crippen LogP contribution in [0.25, 0.3) is 0 Å². The lowest BCUT2D eigenvalue weighted by atomic mass is 9.97. The van der Waals surface area contributed by atoms with Crippen molar-refractivity contribution in [2.45, 2.75) is 44.6 Å². The second-order valence-corrected chi connectivity index (χ2v) is 7.71. The third kappa shape index (κ3) is 5.57. The fourth-order valence-electron chi connectivity index (χ4n) is 3.64. The van der Waals surface area contributed by atoms with Crippen molar-refractivity contribution in [2.75, 3.05) is 18.5 Å². The van der Waals surface area contributed by atoms with Gasteiger partial charge in [-0.15, -0.1) is 0 Å². The molecule has 156 valence electrons. The van der Waals surface area contributed by atoms with Gasteiger partial charge in [0.1, 0.15) is 17.5 Å². The molecule has 0 bridgehead atoms. The van der Waals surface area contributed by atoms with E-state index in [1.807, 2.05) is 18.2 Å². The molecule has 0 aliphatic carbocycles. The Kier molecular flexibility index (Phi) is 6.59. The number of nitrogens with one attached hydrogen (secondary N) is 1. The predicted molar refractivity (Wildman–Crippen MR) is 113 cm³/mol. The molecule has 1 unspecified atom stereocenters. The average Bonchev–Trinajstić information content (AvgIpc) is 3.27. The highest BCUT2D eigenvalue weighted by atomic mass is 19.1. The van der Waals surface area contributed by atoms with E-state index in [-0.39, 0.29) is 17.8 Å². The van der Waals surface area contributed by atoms with Crippen LogP contribution in [-0.4, -0.2) is 39.2 Å². The second kappa shape index (κ2) is 9.71. The summed E-state index contributed by atoms with van der Waals surface area (Å²) in [7, 11) is 0. The van der Waals surface area contributed by atoms with Crippen LogP contribution in [0.5, 0.6) is 0 Å². The van der Waals surface area contributed by atoms with Crippen LogP contribution in [0.4, 0.5) is 10.2 Å². The summed E-state index contributed by atoms with van der Waals surface area (Å²) in [6, 6.07) is 8.59. The van der Waals surface area contributed by atoms with E-state index in [1.165, 1.54) is 12.1 Å². The Labute approximate surface area is 176 Å². The number of benzene rings is 1. The molecule has 30 heavy (non-hydrogen) atoms. The van der Waals surface area contributed by atoms with Gasteiger partial charge in [-0.1, -0.05) is 19.1 Å². The van der Waals surface area contributed by atoms with Crippen LogP contribution in [0.3, 0.4) is 0 Å². The Bertz CT molecular complexity index is 946. The first-order valence-corrected chi connectivity index (χ1v) is 10.4. The third-order valence-corrected chi connectivity index (χ3v) is 5.27. The van der Waals surface area contributed by atoms with Gasteiger partial charge in [-0.25, -0.2) is 14.4 Å². The lowest BCUT2D eigenvalue weighted by molar-refractivity contribution is 0.120. The van der Waals surface area contributed by atoms with Crippen molar-refractivity contribution >= 4 is 5.82 Å². The molecule has 3 aromatic rings. The SMILES string of the molecule is C[C@H](Cc1nc(Cc2cnccn2)cc(NCC2CCCO2)n1)c1ccc(F)cc1. The molecule has 6 nitrogen and oxygen atoms in total. The fraction of sp³-hybridized carbons (Fsp3) is 0.391. The van der Waals surface area contributed by atoms with Crippen LogP contribution >= 0.6 is 0 Å². The molecule has 1 aliphatic rings. The van der Waals surface area contributed by atoms with Gasteiger partial charge in [0.25, 0.3) is 0 Å². The van der Waals surface area contributed by atoms with Crippen LogP contribution in [0.1, 0.15) is 48.5 Å². The summed E-state index contributed by atoms with van der Waals surface area (Å²) in [5.41, 5.74) is 2.81. The van der Waals surface area contributed by atoms with Crippen molar-refractivity contribution < 1.29 is 9.13 Å². The first-order valence-electron chi connectivity index (χ1n) is 10.4. The van der Waals surface area contributed by atoms with E-state index in [0.29, 0.717) is 12.8 Å². The van der Waals surface area contributed by atoms with E-state index in [4.69, 9.17) is 14.7 Å². The molecule has 7 heteroatoms. The first kappa shape index (κ1) is 20.3. The summed E-state index contributed by atoms with van der Waals surface area (Å²) in [6.45, 7) is 3.66. The zero-order chi connectivity index (χ0) is 20.8. The van der Waals surface area contributed by atoms with Crippen molar-refractivity contribution in [3.63, 3.8) is 0 Å². The largest absolute Gasteiger partial charge is 0.376 e. The van der Waals surface area contributed by atoms with E-state index in [1.54, 1.807) is 18.6 Å². The minimum Gasteiger partial charge on any atom is -0.376 e. The van der Waals surface area contributed by atoms with Gasteiger partial charge < -0.3 is 10.1 Å². The van der Waals surface area contributed by atoms with Crippen molar-refractivity contribution in [3.05, 3.63) is 77.5 Å². The van der Waals surface area contributed by atoms with Crippen LogP contribution in [0, 0.1) is 5.82 Å². The predicted octanol–water partition coefficient (Wildman–Crippen LogP) is 3.93. The van der Waals surface area contributed by atoms with Crippen molar-refractivity contribution in [1.82, 2.24) is 19.9 Å². The number of hydrogen-bond donors (Lipinski definition) is 1. The maximum atomic E-state index is 13.2. The quantitative estimate of drug-likeness (QED) is 0.610. The van der Waals surface area contributed by atoms with Gasteiger partial charge in [0.05, 0.1) is 17.5 Å². The minimum absolute atomic E-state index is 0.170. The van der Waals surface area contributed by atoms with Gasteiger partial charge in [0, 0.05) is 50.7 Å². The summed E-state index contributed by atoms with van der Waals surface area (Å²) in [5, 5.41) is 3.41. The van der Waals surface area contributed by atoms with Gasteiger partial charge in [0.15, 0.2) is 0 Å². The molecule has 4 rings (SSSR count). The highest BCUT2D eigenvalue weighted by Crippen LogP contribution is 2.21. The number of ether oxygens (including phenoxy) is 1. The average molecular weight is 407 g/mol. The van der Waals surface area contributed by atoms with Gasteiger partial charge in [-0.2, -0.15) is 0 Å². The van der Waals surface area contributed by atoms with Gasteiger partial charge in [-0.3, -0.25) is 9.97 Å². The summed E-state index contributed by atoms with van der Waals surface area (Å²) in [6.07, 6.45) is 8.75. The van der Waals surface area contributed by atoms with Crippen LogP contribution < -0.4 is 5.32 Å². The lowest BCUT2D eigenvalue weighted by Gasteiger charge is -2.15. The molecule has 1 N–H and O–H groups in total. The molecule has 0 spiro atoms. The zero-order valence-corrected chi connectivity index (χ0v) is 17.1. The van der Waals surface area contributed by atoms with Crippen molar-refractivity contribution in [2.24, 2.45) is 0 Å². The fourth-order valence-corrected chi connectivity index (χ4v) is 3.64. The molecule has 3 heterocycles. The maximum Gasteiger partial charge on any atom is 0.131 e. The zero-order valence-electron chi connectivity index (χ0n) is 17.1. The van der Waals surface area contributed by atoms with Gasteiger partial charge in [-0.05, 0) is 36.5 Å². The van der Waals surface area contributed by atoms with E-state index in [2.05, 4.69) is 22.2 Å². The van der Waals surface area contributed by atoms with Gasteiger partial charge >= 0.3 is 0 Å². The topological polar surface area (TPSA) is 72.8 Å². The number of rotatable bonds is 8.